The lowest BCUT2D eigenvalue weighted by atomic mass is 10.1. The number of aliphatic hydroxyl groups is 1. The Morgan fingerprint density at radius 2 is 1.75 bits per heavy atom. The average Bonchev–Trinajstić information content (AvgIpc) is 2.49. The smallest absolute Gasteiger partial charge is 0.123 e. The van der Waals surface area contributed by atoms with Gasteiger partial charge in [0.05, 0.1) is 20.8 Å². The summed E-state index contributed by atoms with van der Waals surface area (Å²) >= 11 is 0. The monoisotopic (exact) mass is 280 g/mol. The SMILES string of the molecule is COc1ccc(OC)c(CN2CCN(CCO)CC2)c1. The van der Waals surface area contributed by atoms with E-state index in [0.717, 1.165) is 56.3 Å². The third-order valence-electron chi connectivity index (χ3n) is 3.76. The molecule has 0 saturated carbocycles. The molecule has 0 unspecified atom stereocenters. The third-order valence-corrected chi connectivity index (χ3v) is 3.76. The molecular weight excluding hydrogens is 256 g/mol. The summed E-state index contributed by atoms with van der Waals surface area (Å²) in [7, 11) is 3.38. The highest BCUT2D eigenvalue weighted by Crippen LogP contribution is 2.25. The molecule has 0 radical (unpaired) electrons. The zero-order valence-electron chi connectivity index (χ0n) is 12.3. The summed E-state index contributed by atoms with van der Waals surface area (Å²) in [6, 6.07) is 5.91. The Kier molecular flexibility index (Phi) is 5.64. The Bertz CT molecular complexity index is 418. The standard InChI is InChI=1S/C15H24N2O3/c1-19-14-3-4-15(20-2)13(11-14)12-17-7-5-16(6-8-17)9-10-18/h3-4,11,18H,5-10,12H2,1-2H3. The number of β-amino-alcohol motifs (C(OH)–C–C–N with tert-alkyl or cyclic N) is 1. The molecule has 1 N–H and O–H groups in total. The number of nitrogens with zero attached hydrogens (tertiary/aromatic N) is 2. The second-order valence-electron chi connectivity index (χ2n) is 5.02. The van der Waals surface area contributed by atoms with Crippen molar-refractivity contribution in [2.24, 2.45) is 0 Å². The second-order valence-corrected chi connectivity index (χ2v) is 5.02. The molecule has 0 amide bonds. The highest BCUT2D eigenvalue weighted by Gasteiger charge is 2.18. The molecule has 0 atom stereocenters. The van der Waals surface area contributed by atoms with Gasteiger partial charge in [0.2, 0.25) is 0 Å². The minimum atomic E-state index is 0.240. The molecule has 0 bridgehead atoms. The van der Waals surface area contributed by atoms with Crippen LogP contribution in [0.25, 0.3) is 0 Å². The normalized spacial score (nSPS) is 17.1. The van der Waals surface area contributed by atoms with Crippen LogP contribution < -0.4 is 9.47 Å². The molecule has 20 heavy (non-hydrogen) atoms. The number of rotatable bonds is 6. The van der Waals surface area contributed by atoms with E-state index in [0.29, 0.717) is 0 Å². The number of piperazine rings is 1. The predicted molar refractivity (Wildman–Crippen MR) is 78.3 cm³/mol. The molecule has 2 rings (SSSR count). The van der Waals surface area contributed by atoms with E-state index in [4.69, 9.17) is 14.6 Å². The van der Waals surface area contributed by atoms with Gasteiger partial charge in [0, 0.05) is 44.8 Å². The van der Waals surface area contributed by atoms with Gasteiger partial charge >= 0.3 is 0 Å². The lowest BCUT2D eigenvalue weighted by molar-refractivity contribution is 0.108. The van der Waals surface area contributed by atoms with Crippen molar-refractivity contribution < 1.29 is 14.6 Å². The molecule has 1 heterocycles. The van der Waals surface area contributed by atoms with Crippen LogP contribution >= 0.6 is 0 Å². The highest BCUT2D eigenvalue weighted by atomic mass is 16.5. The van der Waals surface area contributed by atoms with Crippen molar-refractivity contribution in [3.8, 4) is 11.5 Å². The van der Waals surface area contributed by atoms with Crippen LogP contribution in [0.15, 0.2) is 18.2 Å². The molecular formula is C15H24N2O3. The Morgan fingerprint density at radius 1 is 1.05 bits per heavy atom. The molecule has 1 aliphatic rings. The van der Waals surface area contributed by atoms with Gasteiger partial charge in [-0.15, -0.1) is 0 Å². The maximum atomic E-state index is 8.96. The number of ether oxygens (including phenoxy) is 2. The first-order chi connectivity index (χ1) is 9.76. The van der Waals surface area contributed by atoms with Crippen LogP contribution in [0, 0.1) is 0 Å². The van der Waals surface area contributed by atoms with Crippen molar-refractivity contribution in [2.75, 3.05) is 53.6 Å². The van der Waals surface area contributed by atoms with Crippen LogP contribution in [-0.2, 0) is 6.54 Å². The Hall–Kier alpha value is -1.30. The van der Waals surface area contributed by atoms with E-state index >= 15 is 0 Å². The summed E-state index contributed by atoms with van der Waals surface area (Å²) < 4.78 is 10.7. The third kappa shape index (κ3) is 3.85. The molecule has 1 aromatic carbocycles. The number of hydrogen-bond acceptors (Lipinski definition) is 5. The van der Waals surface area contributed by atoms with E-state index in [9.17, 15) is 0 Å². The van der Waals surface area contributed by atoms with Crippen LogP contribution in [0.4, 0.5) is 0 Å². The second kappa shape index (κ2) is 7.47. The Morgan fingerprint density at radius 3 is 2.35 bits per heavy atom. The van der Waals surface area contributed by atoms with E-state index in [2.05, 4.69) is 9.80 Å². The van der Waals surface area contributed by atoms with Gasteiger partial charge < -0.3 is 14.6 Å². The molecule has 5 nitrogen and oxygen atoms in total. The van der Waals surface area contributed by atoms with Gasteiger partial charge in [-0.25, -0.2) is 0 Å². The van der Waals surface area contributed by atoms with E-state index in [1.807, 2.05) is 18.2 Å². The van der Waals surface area contributed by atoms with E-state index in [1.165, 1.54) is 0 Å². The van der Waals surface area contributed by atoms with Gasteiger partial charge in [0.25, 0.3) is 0 Å². The quantitative estimate of drug-likeness (QED) is 0.835. The van der Waals surface area contributed by atoms with Crippen LogP contribution in [0.1, 0.15) is 5.56 Å². The van der Waals surface area contributed by atoms with Crippen molar-refractivity contribution in [1.82, 2.24) is 9.80 Å². The maximum absolute atomic E-state index is 8.96. The summed E-state index contributed by atoms with van der Waals surface area (Å²) in [6.07, 6.45) is 0. The molecule has 1 saturated heterocycles. The zero-order chi connectivity index (χ0) is 14.4. The van der Waals surface area contributed by atoms with Crippen LogP contribution in [0.2, 0.25) is 0 Å². The minimum absolute atomic E-state index is 0.240. The Labute approximate surface area is 120 Å². The highest BCUT2D eigenvalue weighted by molar-refractivity contribution is 5.40. The summed E-state index contributed by atoms with van der Waals surface area (Å²) in [5.41, 5.74) is 1.16. The first kappa shape index (κ1) is 15.1. The fourth-order valence-electron chi connectivity index (χ4n) is 2.56. The molecule has 112 valence electrons. The number of benzene rings is 1. The lowest BCUT2D eigenvalue weighted by Gasteiger charge is -2.34. The topological polar surface area (TPSA) is 45.2 Å². The molecule has 1 aliphatic heterocycles. The van der Waals surface area contributed by atoms with Gasteiger partial charge in [-0.2, -0.15) is 0 Å². The van der Waals surface area contributed by atoms with Gasteiger partial charge in [-0.3, -0.25) is 9.80 Å². The number of methoxy groups -OCH3 is 2. The van der Waals surface area contributed by atoms with Crippen LogP contribution in [0.5, 0.6) is 11.5 Å². The summed E-state index contributed by atoms with van der Waals surface area (Å²) in [4.78, 5) is 4.70. The van der Waals surface area contributed by atoms with Gasteiger partial charge in [0.15, 0.2) is 0 Å². The molecule has 1 fully saturated rings. The largest absolute Gasteiger partial charge is 0.497 e. The first-order valence-electron chi connectivity index (χ1n) is 7.03. The van der Waals surface area contributed by atoms with Crippen molar-refractivity contribution >= 4 is 0 Å². The average molecular weight is 280 g/mol. The summed E-state index contributed by atoms with van der Waals surface area (Å²) in [5.74, 6) is 1.77. The van der Waals surface area contributed by atoms with Gasteiger partial charge in [-0.1, -0.05) is 0 Å². The van der Waals surface area contributed by atoms with Crippen LogP contribution in [-0.4, -0.2) is 68.5 Å². The van der Waals surface area contributed by atoms with Crippen molar-refractivity contribution in [1.29, 1.82) is 0 Å². The predicted octanol–water partition coefficient (Wildman–Crippen LogP) is 0.814. The molecule has 0 aromatic heterocycles. The molecule has 5 heteroatoms. The van der Waals surface area contributed by atoms with Gasteiger partial charge in [-0.05, 0) is 18.2 Å². The van der Waals surface area contributed by atoms with Crippen LogP contribution in [0.3, 0.4) is 0 Å². The first-order valence-corrected chi connectivity index (χ1v) is 7.03. The summed E-state index contributed by atoms with van der Waals surface area (Å²) in [6.45, 7) is 5.92. The van der Waals surface area contributed by atoms with Crippen molar-refractivity contribution in [2.45, 2.75) is 6.54 Å². The van der Waals surface area contributed by atoms with Gasteiger partial charge in [0.1, 0.15) is 11.5 Å². The van der Waals surface area contributed by atoms with Crippen molar-refractivity contribution in [3.63, 3.8) is 0 Å². The maximum Gasteiger partial charge on any atom is 0.123 e. The molecule has 0 aliphatic carbocycles. The zero-order valence-corrected chi connectivity index (χ0v) is 12.3. The Balaban J connectivity index is 1.96. The van der Waals surface area contributed by atoms with E-state index in [-0.39, 0.29) is 6.61 Å². The fourth-order valence-corrected chi connectivity index (χ4v) is 2.56. The number of aliphatic hydroxyl groups excluding tert-OH is 1. The summed E-state index contributed by atoms with van der Waals surface area (Å²) in [5, 5.41) is 8.96. The van der Waals surface area contributed by atoms with E-state index < -0.39 is 0 Å². The molecule has 0 spiro atoms. The van der Waals surface area contributed by atoms with E-state index in [1.54, 1.807) is 14.2 Å². The lowest BCUT2D eigenvalue weighted by Crippen LogP contribution is -2.46. The molecule has 1 aromatic rings. The number of hydrogen-bond donors (Lipinski definition) is 1. The minimum Gasteiger partial charge on any atom is -0.497 e. The fraction of sp³-hybridized carbons (Fsp3) is 0.600. The van der Waals surface area contributed by atoms with Crippen molar-refractivity contribution in [3.05, 3.63) is 23.8 Å².